The van der Waals surface area contributed by atoms with Crippen molar-refractivity contribution < 1.29 is 27.8 Å². The fourth-order valence-electron chi connectivity index (χ4n) is 2.54. The van der Waals surface area contributed by atoms with Crippen molar-refractivity contribution in [2.45, 2.75) is 51.9 Å². The second kappa shape index (κ2) is 7.57. The van der Waals surface area contributed by atoms with Gasteiger partial charge in [0.15, 0.2) is 6.61 Å². The predicted octanol–water partition coefficient (Wildman–Crippen LogP) is 3.35. The minimum atomic E-state index is -5.04. The minimum Gasteiger partial charge on any atom is -0.484 e. The van der Waals surface area contributed by atoms with Crippen molar-refractivity contribution in [1.29, 1.82) is 0 Å². The highest BCUT2D eigenvalue weighted by Crippen LogP contribution is 2.38. The van der Waals surface area contributed by atoms with Gasteiger partial charge in [-0.25, -0.2) is 5.01 Å². The average molecular weight is 372 g/mol. The number of nitrogens with one attached hydrogen (secondary N) is 1. The lowest BCUT2D eigenvalue weighted by atomic mass is 10.1. The van der Waals surface area contributed by atoms with Gasteiger partial charge in [0, 0.05) is 5.70 Å². The zero-order chi connectivity index (χ0) is 19.5. The number of nitrogens with zero attached hydrogens (tertiary/aromatic N) is 1. The van der Waals surface area contributed by atoms with E-state index >= 15 is 0 Å². The van der Waals surface area contributed by atoms with Gasteiger partial charge in [-0.1, -0.05) is 19.4 Å². The summed E-state index contributed by atoms with van der Waals surface area (Å²) in [6.07, 6.45) is -2.68. The SMILES string of the molecule is CCCCC1=C[C@](O)(C(F)(F)F)N(C(=O)COc2ccc(C)c(C)c2)N1. The van der Waals surface area contributed by atoms with Crippen LogP contribution in [0.15, 0.2) is 30.0 Å². The first-order valence-electron chi connectivity index (χ1n) is 8.39. The van der Waals surface area contributed by atoms with Gasteiger partial charge in [-0.3, -0.25) is 10.2 Å². The molecule has 1 aliphatic heterocycles. The van der Waals surface area contributed by atoms with Crippen molar-refractivity contribution in [1.82, 2.24) is 10.4 Å². The van der Waals surface area contributed by atoms with E-state index in [-0.39, 0.29) is 10.7 Å². The lowest BCUT2D eigenvalue weighted by Crippen LogP contribution is -2.61. The van der Waals surface area contributed by atoms with E-state index in [1.807, 2.05) is 20.8 Å². The highest BCUT2D eigenvalue weighted by atomic mass is 19.4. The molecule has 1 aliphatic rings. The maximum absolute atomic E-state index is 13.3. The molecular weight excluding hydrogens is 349 g/mol. The number of carbonyl (C=O) groups excluding carboxylic acids is 1. The number of halogens is 3. The van der Waals surface area contributed by atoms with Gasteiger partial charge < -0.3 is 9.84 Å². The third-order valence-corrected chi connectivity index (χ3v) is 4.28. The van der Waals surface area contributed by atoms with Gasteiger partial charge in [-0.2, -0.15) is 13.2 Å². The molecule has 5 nitrogen and oxygen atoms in total. The van der Waals surface area contributed by atoms with Gasteiger partial charge in [-0.15, -0.1) is 0 Å². The van der Waals surface area contributed by atoms with Gasteiger partial charge in [0.05, 0.1) is 0 Å². The van der Waals surface area contributed by atoms with E-state index in [0.29, 0.717) is 24.7 Å². The zero-order valence-electron chi connectivity index (χ0n) is 15.0. The number of rotatable bonds is 6. The van der Waals surface area contributed by atoms with Crippen LogP contribution in [0.3, 0.4) is 0 Å². The van der Waals surface area contributed by atoms with Gasteiger partial charge in [0.25, 0.3) is 11.6 Å². The molecule has 0 fully saturated rings. The molecule has 0 radical (unpaired) electrons. The van der Waals surface area contributed by atoms with E-state index in [4.69, 9.17) is 4.74 Å². The monoisotopic (exact) mass is 372 g/mol. The number of aliphatic hydroxyl groups is 1. The normalized spacial score (nSPS) is 20.0. The molecule has 8 heteroatoms. The maximum atomic E-state index is 13.3. The quantitative estimate of drug-likeness (QED) is 0.804. The fourth-order valence-corrected chi connectivity index (χ4v) is 2.54. The third-order valence-electron chi connectivity index (χ3n) is 4.28. The lowest BCUT2D eigenvalue weighted by molar-refractivity contribution is -0.289. The summed E-state index contributed by atoms with van der Waals surface area (Å²) >= 11 is 0. The molecule has 2 N–H and O–H groups in total. The topological polar surface area (TPSA) is 61.8 Å². The van der Waals surface area contributed by atoms with Crippen LogP contribution in [0.2, 0.25) is 0 Å². The molecule has 0 unspecified atom stereocenters. The fraction of sp³-hybridized carbons (Fsp3) is 0.500. The minimum absolute atomic E-state index is 0.159. The van der Waals surface area contributed by atoms with Crippen LogP contribution in [0.5, 0.6) is 5.75 Å². The summed E-state index contributed by atoms with van der Waals surface area (Å²) in [5.74, 6) is -0.652. The molecule has 0 aliphatic carbocycles. The van der Waals surface area contributed by atoms with Gasteiger partial charge in [0.2, 0.25) is 0 Å². The number of amides is 1. The van der Waals surface area contributed by atoms with Crippen molar-refractivity contribution >= 4 is 5.91 Å². The molecule has 144 valence electrons. The summed E-state index contributed by atoms with van der Waals surface area (Å²) < 4.78 is 45.3. The summed E-state index contributed by atoms with van der Waals surface area (Å²) in [7, 11) is 0. The molecule has 0 saturated heterocycles. The maximum Gasteiger partial charge on any atom is 0.442 e. The summed E-state index contributed by atoms with van der Waals surface area (Å²) in [5, 5.41) is 10.3. The van der Waals surface area contributed by atoms with Crippen molar-refractivity contribution in [3.63, 3.8) is 0 Å². The summed E-state index contributed by atoms with van der Waals surface area (Å²) in [4.78, 5) is 12.3. The number of unbranched alkanes of at least 4 members (excludes halogenated alkanes) is 1. The first-order chi connectivity index (χ1) is 12.1. The van der Waals surface area contributed by atoms with Gasteiger partial charge in [-0.05, 0) is 56.0 Å². The van der Waals surface area contributed by atoms with Crippen LogP contribution in [0, 0.1) is 13.8 Å². The molecule has 0 bridgehead atoms. The van der Waals surface area contributed by atoms with Crippen LogP contribution in [0.1, 0.15) is 37.3 Å². The molecule has 1 aromatic rings. The third kappa shape index (κ3) is 4.12. The van der Waals surface area contributed by atoms with Crippen LogP contribution in [0.25, 0.3) is 0 Å². The largest absolute Gasteiger partial charge is 0.484 e. The first kappa shape index (κ1) is 20.1. The Labute approximate surface area is 150 Å². The van der Waals surface area contributed by atoms with Crippen LogP contribution in [0.4, 0.5) is 13.2 Å². The van der Waals surface area contributed by atoms with Crippen LogP contribution < -0.4 is 10.2 Å². The van der Waals surface area contributed by atoms with Gasteiger partial charge >= 0.3 is 6.18 Å². The van der Waals surface area contributed by atoms with E-state index in [2.05, 4.69) is 5.43 Å². The Balaban J connectivity index is 2.11. The Morgan fingerprint density at radius 2 is 2.00 bits per heavy atom. The molecular formula is C18H23F3N2O3. The van der Waals surface area contributed by atoms with Gasteiger partial charge in [0.1, 0.15) is 5.75 Å². The number of benzene rings is 1. The molecule has 1 amide bonds. The van der Waals surface area contributed by atoms with E-state index in [1.54, 1.807) is 18.2 Å². The summed E-state index contributed by atoms with van der Waals surface area (Å²) in [6.45, 7) is 5.03. The van der Waals surface area contributed by atoms with Crippen molar-refractivity contribution in [2.24, 2.45) is 0 Å². The molecule has 0 spiro atoms. The molecule has 1 atom stereocenters. The first-order valence-corrected chi connectivity index (χ1v) is 8.39. The Morgan fingerprint density at radius 3 is 2.58 bits per heavy atom. The van der Waals surface area contributed by atoms with Crippen molar-refractivity contribution in [3.8, 4) is 5.75 Å². The summed E-state index contributed by atoms with van der Waals surface area (Å²) in [6, 6.07) is 5.12. The number of ether oxygens (including phenoxy) is 1. The number of hydrazine groups is 1. The molecule has 1 heterocycles. The Bertz CT molecular complexity index is 703. The van der Waals surface area contributed by atoms with E-state index in [9.17, 15) is 23.1 Å². The van der Waals surface area contributed by atoms with Crippen LogP contribution >= 0.6 is 0 Å². The lowest BCUT2D eigenvalue weighted by Gasteiger charge is -2.33. The highest BCUT2D eigenvalue weighted by molar-refractivity contribution is 5.79. The smallest absolute Gasteiger partial charge is 0.442 e. The predicted molar refractivity (Wildman–Crippen MR) is 90.0 cm³/mol. The number of carbonyl (C=O) groups is 1. The Kier molecular flexibility index (Phi) is 5.85. The molecule has 2 rings (SSSR count). The van der Waals surface area contributed by atoms with Crippen molar-refractivity contribution in [3.05, 3.63) is 41.1 Å². The number of hydrogen-bond acceptors (Lipinski definition) is 4. The molecule has 26 heavy (non-hydrogen) atoms. The van der Waals surface area contributed by atoms with E-state index in [1.165, 1.54) is 0 Å². The number of alkyl halides is 3. The van der Waals surface area contributed by atoms with Crippen LogP contribution in [-0.4, -0.2) is 34.5 Å². The summed E-state index contributed by atoms with van der Waals surface area (Å²) in [5.41, 5.74) is 1.11. The highest BCUT2D eigenvalue weighted by Gasteiger charge is 2.61. The molecule has 0 aromatic heterocycles. The second-order valence-corrected chi connectivity index (χ2v) is 6.37. The molecule has 0 saturated carbocycles. The van der Waals surface area contributed by atoms with Crippen LogP contribution in [-0.2, 0) is 4.79 Å². The standard InChI is InChI=1S/C18H23F3N2O3/c1-4-5-6-14-10-17(25,18(19,20)21)23(22-14)16(24)11-26-15-8-7-12(2)13(3)9-15/h7-10,22,25H,4-6,11H2,1-3H3/t17-/m0/s1. The Hall–Kier alpha value is -2.22. The van der Waals surface area contributed by atoms with E-state index < -0.39 is 24.4 Å². The zero-order valence-corrected chi connectivity index (χ0v) is 15.0. The Morgan fingerprint density at radius 1 is 1.31 bits per heavy atom. The number of aryl methyl sites for hydroxylation is 2. The van der Waals surface area contributed by atoms with E-state index in [0.717, 1.165) is 17.5 Å². The average Bonchev–Trinajstić information content (AvgIpc) is 2.92. The van der Waals surface area contributed by atoms with Crippen molar-refractivity contribution in [2.75, 3.05) is 6.61 Å². The number of allylic oxidation sites excluding steroid dienone is 1. The second-order valence-electron chi connectivity index (χ2n) is 6.37. The number of hydrogen-bond donors (Lipinski definition) is 2. The molecule has 1 aromatic carbocycles.